The Hall–Kier alpha value is -1.87. The van der Waals surface area contributed by atoms with Crippen LogP contribution in [0.2, 0.25) is 0 Å². The van der Waals surface area contributed by atoms with Crippen LogP contribution < -0.4 is 5.32 Å². The monoisotopic (exact) mass is 268 g/mol. The molecule has 1 aromatic carbocycles. The van der Waals surface area contributed by atoms with E-state index < -0.39 is 0 Å². The van der Waals surface area contributed by atoms with Crippen LogP contribution in [0.25, 0.3) is 10.9 Å². The van der Waals surface area contributed by atoms with E-state index in [0.717, 1.165) is 24.2 Å². The Bertz CT molecular complexity index is 683. The molecule has 96 valence electrons. The quantitative estimate of drug-likeness (QED) is 0.755. The number of aromatic nitrogens is 1. The number of nitrogens with one attached hydrogen (secondary N) is 1. The molecule has 1 N–H and O–H groups in total. The summed E-state index contributed by atoms with van der Waals surface area (Å²) in [4.78, 5) is 7.26. The summed E-state index contributed by atoms with van der Waals surface area (Å²) in [6.07, 6.45) is 2.95. The normalized spacial score (nSPS) is 10.8. The summed E-state index contributed by atoms with van der Waals surface area (Å²) in [5.74, 6) is 0. The molecule has 2 heterocycles. The average Bonchev–Trinajstić information content (AvgIpc) is 2.93. The van der Waals surface area contributed by atoms with Gasteiger partial charge in [-0.3, -0.25) is 4.98 Å². The average molecular weight is 268 g/mol. The van der Waals surface area contributed by atoms with Crippen molar-refractivity contribution < 1.29 is 0 Å². The molecule has 0 radical (unpaired) electrons. The molecule has 3 rings (SSSR count). The van der Waals surface area contributed by atoms with Crippen molar-refractivity contribution in [3.05, 3.63) is 58.4 Å². The molecule has 0 aliphatic rings. The minimum absolute atomic E-state index is 0.861. The van der Waals surface area contributed by atoms with Gasteiger partial charge in [0.2, 0.25) is 0 Å². The second-order valence-electron chi connectivity index (χ2n) is 4.46. The summed E-state index contributed by atoms with van der Waals surface area (Å²) in [5.41, 5.74) is 2.14. The van der Waals surface area contributed by atoms with E-state index >= 15 is 0 Å². The van der Waals surface area contributed by atoms with Gasteiger partial charge in [-0.1, -0.05) is 25.1 Å². The minimum atomic E-state index is 0.861. The number of pyridine rings is 1. The van der Waals surface area contributed by atoms with Crippen LogP contribution in [0.1, 0.15) is 16.7 Å². The summed E-state index contributed by atoms with van der Waals surface area (Å²) >= 11 is 1.87. The van der Waals surface area contributed by atoms with E-state index in [1.165, 1.54) is 15.1 Å². The van der Waals surface area contributed by atoms with Crippen LogP contribution in [-0.2, 0) is 13.0 Å². The minimum Gasteiger partial charge on any atom is -0.378 e. The molecule has 0 bridgehead atoms. The van der Waals surface area contributed by atoms with Gasteiger partial charge < -0.3 is 5.32 Å². The van der Waals surface area contributed by atoms with Crippen LogP contribution in [0.15, 0.2) is 48.7 Å². The molecule has 3 aromatic rings. The molecule has 0 saturated carbocycles. The molecular formula is C16H16N2S. The molecule has 0 aliphatic heterocycles. The second-order valence-corrected chi connectivity index (χ2v) is 5.71. The topological polar surface area (TPSA) is 24.9 Å². The lowest BCUT2D eigenvalue weighted by molar-refractivity contribution is 1.19. The Morgan fingerprint density at radius 3 is 2.74 bits per heavy atom. The zero-order valence-electron chi connectivity index (χ0n) is 10.9. The number of hydrogen-bond acceptors (Lipinski definition) is 3. The highest BCUT2D eigenvalue weighted by Crippen LogP contribution is 2.23. The number of hydrogen-bond donors (Lipinski definition) is 1. The van der Waals surface area contributed by atoms with Crippen molar-refractivity contribution in [2.45, 2.75) is 19.9 Å². The summed E-state index contributed by atoms with van der Waals surface area (Å²) in [6, 6.07) is 14.7. The van der Waals surface area contributed by atoms with Crippen molar-refractivity contribution in [3.63, 3.8) is 0 Å². The van der Waals surface area contributed by atoms with Crippen molar-refractivity contribution in [2.75, 3.05) is 5.32 Å². The second kappa shape index (κ2) is 5.41. The van der Waals surface area contributed by atoms with Gasteiger partial charge in [0.15, 0.2) is 0 Å². The number of benzene rings is 1. The van der Waals surface area contributed by atoms with Gasteiger partial charge in [-0.05, 0) is 30.7 Å². The van der Waals surface area contributed by atoms with Crippen LogP contribution >= 0.6 is 11.3 Å². The van der Waals surface area contributed by atoms with Crippen molar-refractivity contribution in [1.29, 1.82) is 0 Å². The van der Waals surface area contributed by atoms with Gasteiger partial charge in [0.05, 0.1) is 11.2 Å². The molecule has 0 unspecified atom stereocenters. The third kappa shape index (κ3) is 2.61. The van der Waals surface area contributed by atoms with Crippen molar-refractivity contribution in [2.24, 2.45) is 0 Å². The Balaban J connectivity index is 1.81. The Kier molecular flexibility index (Phi) is 3.47. The molecule has 0 amide bonds. The van der Waals surface area contributed by atoms with Crippen molar-refractivity contribution in [1.82, 2.24) is 4.98 Å². The van der Waals surface area contributed by atoms with Crippen LogP contribution in [0.4, 0.5) is 5.69 Å². The van der Waals surface area contributed by atoms with Crippen molar-refractivity contribution in [3.8, 4) is 0 Å². The Morgan fingerprint density at radius 1 is 1.05 bits per heavy atom. The van der Waals surface area contributed by atoms with E-state index in [9.17, 15) is 0 Å². The van der Waals surface area contributed by atoms with Crippen molar-refractivity contribution >= 4 is 27.9 Å². The summed E-state index contributed by atoms with van der Waals surface area (Å²) in [7, 11) is 0. The maximum absolute atomic E-state index is 4.46. The molecule has 0 spiro atoms. The number of aryl methyl sites for hydroxylation is 1. The van der Waals surface area contributed by atoms with Gasteiger partial charge in [0.1, 0.15) is 0 Å². The summed E-state index contributed by atoms with van der Waals surface area (Å²) < 4.78 is 0. The van der Waals surface area contributed by atoms with E-state index in [-0.39, 0.29) is 0 Å². The van der Waals surface area contributed by atoms with Gasteiger partial charge in [-0.2, -0.15) is 0 Å². The maximum Gasteiger partial charge on any atom is 0.0933 e. The van der Waals surface area contributed by atoms with E-state index in [0.29, 0.717) is 0 Å². The molecule has 0 fully saturated rings. The molecule has 3 heteroatoms. The number of rotatable bonds is 4. The smallest absolute Gasteiger partial charge is 0.0933 e. The number of para-hydroxylation sites is 1. The van der Waals surface area contributed by atoms with Crippen LogP contribution in [0.5, 0.6) is 0 Å². The maximum atomic E-state index is 4.46. The molecule has 19 heavy (non-hydrogen) atoms. The fraction of sp³-hybridized carbons (Fsp3) is 0.188. The van der Waals surface area contributed by atoms with Gasteiger partial charge >= 0.3 is 0 Å². The summed E-state index contributed by atoms with van der Waals surface area (Å²) in [6.45, 7) is 3.05. The third-order valence-corrected chi connectivity index (χ3v) is 4.38. The zero-order valence-corrected chi connectivity index (χ0v) is 11.7. The highest BCUT2D eigenvalue weighted by Gasteiger charge is 2.02. The van der Waals surface area contributed by atoms with E-state index in [1.54, 1.807) is 0 Å². The number of fused-ring (bicyclic) bond motifs is 1. The predicted molar refractivity (Wildman–Crippen MR) is 82.8 cm³/mol. The van der Waals surface area contributed by atoms with Gasteiger partial charge in [-0.25, -0.2) is 0 Å². The first-order valence-corrected chi connectivity index (χ1v) is 7.33. The van der Waals surface area contributed by atoms with E-state index in [2.05, 4.69) is 53.6 Å². The van der Waals surface area contributed by atoms with E-state index in [1.807, 2.05) is 23.6 Å². The first kappa shape index (κ1) is 12.2. The standard InChI is InChI=1S/C16H16N2S/c1-2-13-8-9-14(19-13)11-18-15-7-3-5-12-6-4-10-17-16(12)15/h3-10,18H,2,11H2,1H3. The Morgan fingerprint density at radius 2 is 1.89 bits per heavy atom. The molecule has 0 atom stereocenters. The molecule has 0 saturated heterocycles. The fourth-order valence-electron chi connectivity index (χ4n) is 2.14. The SMILES string of the molecule is CCc1ccc(CNc2cccc3cccnc23)s1. The molecule has 2 aromatic heterocycles. The van der Waals surface area contributed by atoms with Crippen LogP contribution in [0, 0.1) is 0 Å². The van der Waals surface area contributed by atoms with Gasteiger partial charge in [-0.15, -0.1) is 11.3 Å². The molecule has 2 nitrogen and oxygen atoms in total. The largest absolute Gasteiger partial charge is 0.378 e. The lowest BCUT2D eigenvalue weighted by atomic mass is 10.2. The lowest BCUT2D eigenvalue weighted by Crippen LogP contribution is -1.98. The lowest BCUT2D eigenvalue weighted by Gasteiger charge is -2.07. The number of nitrogens with zero attached hydrogens (tertiary/aromatic N) is 1. The first-order valence-electron chi connectivity index (χ1n) is 6.52. The first-order chi connectivity index (χ1) is 9.36. The third-order valence-electron chi connectivity index (χ3n) is 3.15. The highest BCUT2D eigenvalue weighted by molar-refractivity contribution is 7.12. The van der Waals surface area contributed by atoms with Crippen LogP contribution in [-0.4, -0.2) is 4.98 Å². The van der Waals surface area contributed by atoms with Gasteiger partial charge in [0.25, 0.3) is 0 Å². The van der Waals surface area contributed by atoms with E-state index in [4.69, 9.17) is 0 Å². The Labute approximate surface area is 117 Å². The van der Waals surface area contributed by atoms with Crippen LogP contribution in [0.3, 0.4) is 0 Å². The highest BCUT2D eigenvalue weighted by atomic mass is 32.1. The molecular weight excluding hydrogens is 252 g/mol. The zero-order chi connectivity index (χ0) is 13.1. The van der Waals surface area contributed by atoms with Gasteiger partial charge in [0, 0.05) is 27.9 Å². The number of anilines is 1. The number of thiophene rings is 1. The molecule has 0 aliphatic carbocycles. The summed E-state index contributed by atoms with van der Waals surface area (Å²) in [5, 5.41) is 4.66. The fourth-order valence-corrected chi connectivity index (χ4v) is 3.03. The predicted octanol–water partition coefficient (Wildman–Crippen LogP) is 4.47.